The SMILES string of the molecule is CC(C)N(CC#N)C(=O)c1ccn[nH]1. The zero-order valence-corrected chi connectivity index (χ0v) is 8.19. The average Bonchev–Trinajstić information content (AvgIpc) is 2.65. The minimum Gasteiger partial charge on any atom is -0.322 e. The molecule has 0 saturated carbocycles. The maximum Gasteiger partial charge on any atom is 0.272 e. The molecule has 0 aliphatic carbocycles. The summed E-state index contributed by atoms with van der Waals surface area (Å²) in [5.74, 6) is -0.195. The fourth-order valence-electron chi connectivity index (χ4n) is 1.09. The highest BCUT2D eigenvalue weighted by Crippen LogP contribution is 2.04. The lowest BCUT2D eigenvalue weighted by Crippen LogP contribution is -2.37. The highest BCUT2D eigenvalue weighted by atomic mass is 16.2. The van der Waals surface area contributed by atoms with Crippen molar-refractivity contribution < 1.29 is 4.79 Å². The van der Waals surface area contributed by atoms with E-state index in [2.05, 4.69) is 10.2 Å². The second-order valence-electron chi connectivity index (χ2n) is 3.16. The first-order chi connectivity index (χ1) is 6.66. The van der Waals surface area contributed by atoms with E-state index in [4.69, 9.17) is 5.26 Å². The van der Waals surface area contributed by atoms with Gasteiger partial charge in [0, 0.05) is 12.2 Å². The van der Waals surface area contributed by atoms with Crippen LogP contribution in [0.5, 0.6) is 0 Å². The van der Waals surface area contributed by atoms with Gasteiger partial charge in [-0.05, 0) is 19.9 Å². The topological polar surface area (TPSA) is 72.8 Å². The largest absolute Gasteiger partial charge is 0.322 e. The first-order valence-corrected chi connectivity index (χ1v) is 4.34. The fraction of sp³-hybridized carbons (Fsp3) is 0.444. The van der Waals surface area contributed by atoms with Gasteiger partial charge in [0.1, 0.15) is 12.2 Å². The van der Waals surface area contributed by atoms with E-state index in [0.717, 1.165) is 0 Å². The van der Waals surface area contributed by atoms with Crippen molar-refractivity contribution in [3.05, 3.63) is 18.0 Å². The summed E-state index contributed by atoms with van der Waals surface area (Å²) in [5.41, 5.74) is 0.411. The number of nitrogens with zero attached hydrogens (tertiary/aromatic N) is 3. The molecule has 0 unspecified atom stereocenters. The molecule has 5 nitrogen and oxygen atoms in total. The Kier molecular flexibility index (Phi) is 3.24. The van der Waals surface area contributed by atoms with E-state index in [0.29, 0.717) is 5.69 Å². The molecule has 14 heavy (non-hydrogen) atoms. The third kappa shape index (κ3) is 2.10. The maximum absolute atomic E-state index is 11.7. The van der Waals surface area contributed by atoms with Crippen molar-refractivity contribution >= 4 is 5.91 Å². The summed E-state index contributed by atoms with van der Waals surface area (Å²) in [6.45, 7) is 3.83. The highest BCUT2D eigenvalue weighted by molar-refractivity contribution is 5.92. The first-order valence-electron chi connectivity index (χ1n) is 4.34. The van der Waals surface area contributed by atoms with E-state index in [1.54, 1.807) is 6.07 Å². The van der Waals surface area contributed by atoms with Gasteiger partial charge in [-0.2, -0.15) is 10.4 Å². The summed E-state index contributed by atoms with van der Waals surface area (Å²) in [6.07, 6.45) is 1.51. The van der Waals surface area contributed by atoms with Crippen LogP contribution in [0.15, 0.2) is 12.3 Å². The van der Waals surface area contributed by atoms with Crippen LogP contribution in [-0.4, -0.2) is 33.6 Å². The third-order valence-corrected chi connectivity index (χ3v) is 1.86. The summed E-state index contributed by atoms with van der Waals surface area (Å²) in [5, 5.41) is 14.8. The van der Waals surface area contributed by atoms with Gasteiger partial charge in [0.05, 0.1) is 6.07 Å². The monoisotopic (exact) mass is 192 g/mol. The second kappa shape index (κ2) is 4.42. The van der Waals surface area contributed by atoms with Crippen molar-refractivity contribution in [2.24, 2.45) is 0 Å². The number of carbonyl (C=O) groups is 1. The van der Waals surface area contributed by atoms with Crippen molar-refractivity contribution in [3.8, 4) is 6.07 Å². The number of aromatic amines is 1. The molecule has 1 rings (SSSR count). The summed E-state index contributed by atoms with van der Waals surface area (Å²) < 4.78 is 0. The zero-order chi connectivity index (χ0) is 10.6. The number of rotatable bonds is 3. The van der Waals surface area contributed by atoms with Crippen LogP contribution in [0.3, 0.4) is 0 Å². The zero-order valence-electron chi connectivity index (χ0n) is 8.19. The Labute approximate surface area is 82.3 Å². The fourth-order valence-corrected chi connectivity index (χ4v) is 1.09. The summed E-state index contributed by atoms with van der Waals surface area (Å²) in [4.78, 5) is 13.2. The van der Waals surface area contributed by atoms with Crippen LogP contribution in [0, 0.1) is 11.3 Å². The Bertz CT molecular complexity index is 336. The Balaban J connectivity index is 2.80. The number of hydrogen-bond acceptors (Lipinski definition) is 3. The highest BCUT2D eigenvalue weighted by Gasteiger charge is 2.18. The Hall–Kier alpha value is -1.83. The lowest BCUT2D eigenvalue weighted by Gasteiger charge is -2.22. The van der Waals surface area contributed by atoms with Gasteiger partial charge in [-0.25, -0.2) is 0 Å². The van der Waals surface area contributed by atoms with Crippen LogP contribution >= 0.6 is 0 Å². The van der Waals surface area contributed by atoms with Crippen LogP contribution < -0.4 is 0 Å². The lowest BCUT2D eigenvalue weighted by atomic mass is 10.3. The Morgan fingerprint density at radius 1 is 1.79 bits per heavy atom. The van der Waals surface area contributed by atoms with E-state index in [9.17, 15) is 4.79 Å². The van der Waals surface area contributed by atoms with Gasteiger partial charge >= 0.3 is 0 Å². The number of nitrogens with one attached hydrogen (secondary N) is 1. The van der Waals surface area contributed by atoms with Crippen molar-refractivity contribution in [2.75, 3.05) is 6.54 Å². The average molecular weight is 192 g/mol. The van der Waals surface area contributed by atoms with Crippen LogP contribution in [0.4, 0.5) is 0 Å². The van der Waals surface area contributed by atoms with Crippen LogP contribution in [0.25, 0.3) is 0 Å². The van der Waals surface area contributed by atoms with Crippen LogP contribution in [0.1, 0.15) is 24.3 Å². The van der Waals surface area contributed by atoms with E-state index in [1.165, 1.54) is 11.1 Å². The van der Waals surface area contributed by atoms with Gasteiger partial charge in [-0.1, -0.05) is 0 Å². The number of amides is 1. The van der Waals surface area contributed by atoms with Gasteiger partial charge in [0.2, 0.25) is 0 Å². The van der Waals surface area contributed by atoms with Gasteiger partial charge in [-0.3, -0.25) is 9.89 Å². The molecule has 74 valence electrons. The molecule has 0 aliphatic heterocycles. The molecular weight excluding hydrogens is 180 g/mol. The van der Waals surface area contributed by atoms with E-state index in [-0.39, 0.29) is 18.5 Å². The summed E-state index contributed by atoms with van der Waals surface area (Å²) in [7, 11) is 0. The molecule has 0 bridgehead atoms. The lowest BCUT2D eigenvalue weighted by molar-refractivity contribution is 0.0725. The third-order valence-electron chi connectivity index (χ3n) is 1.86. The minimum absolute atomic E-state index is 0.00505. The number of H-pyrrole nitrogens is 1. The molecule has 0 spiro atoms. The molecule has 1 N–H and O–H groups in total. The normalized spacial score (nSPS) is 9.86. The van der Waals surface area contributed by atoms with Crippen LogP contribution in [0.2, 0.25) is 0 Å². The molecular formula is C9H12N4O. The molecule has 0 radical (unpaired) electrons. The van der Waals surface area contributed by atoms with Gasteiger partial charge in [0.15, 0.2) is 0 Å². The molecule has 1 heterocycles. The van der Waals surface area contributed by atoms with Crippen LogP contribution in [-0.2, 0) is 0 Å². The molecule has 5 heteroatoms. The van der Waals surface area contributed by atoms with Gasteiger partial charge in [0.25, 0.3) is 5.91 Å². The molecule has 0 aromatic carbocycles. The molecule has 1 aromatic rings. The molecule has 0 saturated heterocycles. The number of nitriles is 1. The molecule has 0 fully saturated rings. The van der Waals surface area contributed by atoms with E-state index < -0.39 is 0 Å². The molecule has 1 aromatic heterocycles. The number of hydrogen-bond donors (Lipinski definition) is 1. The smallest absolute Gasteiger partial charge is 0.272 e. The van der Waals surface area contributed by atoms with Crippen molar-refractivity contribution in [3.63, 3.8) is 0 Å². The Morgan fingerprint density at radius 3 is 2.93 bits per heavy atom. The Morgan fingerprint density at radius 2 is 2.50 bits per heavy atom. The predicted octanol–water partition coefficient (Wildman–Crippen LogP) is 0.784. The predicted molar refractivity (Wildman–Crippen MR) is 50.4 cm³/mol. The maximum atomic E-state index is 11.7. The minimum atomic E-state index is -0.195. The second-order valence-corrected chi connectivity index (χ2v) is 3.16. The van der Waals surface area contributed by atoms with Gasteiger partial charge in [-0.15, -0.1) is 0 Å². The summed E-state index contributed by atoms with van der Waals surface area (Å²) in [6, 6.07) is 3.56. The van der Waals surface area contributed by atoms with Crippen molar-refractivity contribution in [1.82, 2.24) is 15.1 Å². The van der Waals surface area contributed by atoms with E-state index in [1.807, 2.05) is 19.9 Å². The number of aromatic nitrogens is 2. The standard InChI is InChI=1S/C9H12N4O/c1-7(2)13(6-4-10)9(14)8-3-5-11-12-8/h3,5,7H,6H2,1-2H3,(H,11,12). The number of carbonyl (C=O) groups excluding carboxylic acids is 1. The van der Waals surface area contributed by atoms with Gasteiger partial charge < -0.3 is 4.90 Å². The molecule has 0 aliphatic rings. The van der Waals surface area contributed by atoms with Crippen molar-refractivity contribution in [1.29, 1.82) is 5.26 Å². The molecule has 0 atom stereocenters. The van der Waals surface area contributed by atoms with E-state index >= 15 is 0 Å². The first kappa shape index (κ1) is 10.3. The quantitative estimate of drug-likeness (QED) is 0.719. The van der Waals surface area contributed by atoms with Crippen molar-refractivity contribution in [2.45, 2.75) is 19.9 Å². The summed E-state index contributed by atoms with van der Waals surface area (Å²) >= 11 is 0. The molecule has 1 amide bonds.